The Morgan fingerprint density at radius 3 is 2.32 bits per heavy atom. The maximum absolute atomic E-state index is 14.4. The molecule has 5 heteroatoms. The van der Waals surface area contributed by atoms with Gasteiger partial charge in [-0.05, 0) is 58.9 Å². The number of ether oxygens (including phenoxy) is 1. The Balaban J connectivity index is 1.67. The lowest BCUT2D eigenvalue weighted by Crippen LogP contribution is -2.48. The minimum Gasteiger partial charge on any atom is -0.370 e. The zero-order chi connectivity index (χ0) is 18.6. The Labute approximate surface area is 153 Å². The average Bonchev–Trinajstić information content (AvgIpc) is 2.54. The Hall–Kier alpha value is -0.680. The van der Waals surface area contributed by atoms with Crippen molar-refractivity contribution in [2.24, 2.45) is 11.8 Å². The van der Waals surface area contributed by atoms with E-state index >= 15 is 0 Å². The number of rotatable bonds is 5. The van der Waals surface area contributed by atoms with Crippen molar-refractivity contribution in [3.8, 4) is 0 Å². The van der Waals surface area contributed by atoms with Crippen molar-refractivity contribution in [1.82, 2.24) is 9.80 Å². The van der Waals surface area contributed by atoms with Gasteiger partial charge < -0.3 is 14.5 Å². The van der Waals surface area contributed by atoms with Crippen LogP contribution in [-0.2, 0) is 9.53 Å². The number of hydrogen-bond acceptors (Lipinski definition) is 3. The SMILES string of the molecule is CC(C)C(=O)N1CCC(CCN2CCC(OC(C)(C)C)C(F)C2)CC1. The van der Waals surface area contributed by atoms with Crippen molar-refractivity contribution < 1.29 is 13.9 Å². The molecule has 0 N–H and O–H groups in total. The highest BCUT2D eigenvalue weighted by molar-refractivity contribution is 5.78. The standard InChI is InChI=1S/C20H37FN2O2/c1-15(2)19(24)23-12-7-16(8-13-23)6-10-22-11-9-18(17(21)14-22)25-20(3,4)5/h15-18H,6-14H2,1-5H3. The van der Waals surface area contributed by atoms with Gasteiger partial charge in [0.1, 0.15) is 6.17 Å². The highest BCUT2D eigenvalue weighted by atomic mass is 19.1. The Kier molecular flexibility index (Phi) is 7.27. The molecule has 1 amide bonds. The Bertz CT molecular complexity index is 428. The van der Waals surface area contributed by atoms with E-state index < -0.39 is 6.17 Å². The van der Waals surface area contributed by atoms with Gasteiger partial charge >= 0.3 is 0 Å². The fraction of sp³-hybridized carbons (Fsp3) is 0.950. The van der Waals surface area contributed by atoms with Crippen LogP contribution in [0.5, 0.6) is 0 Å². The number of nitrogens with zero attached hydrogens (tertiary/aromatic N) is 2. The minimum atomic E-state index is -0.890. The first-order chi connectivity index (χ1) is 11.7. The van der Waals surface area contributed by atoms with E-state index in [4.69, 9.17) is 4.74 Å². The molecule has 2 unspecified atom stereocenters. The number of halogens is 1. The van der Waals surface area contributed by atoms with Crippen LogP contribution in [0.1, 0.15) is 60.3 Å². The summed E-state index contributed by atoms with van der Waals surface area (Å²) in [4.78, 5) is 16.3. The molecule has 0 bridgehead atoms. The summed E-state index contributed by atoms with van der Waals surface area (Å²) in [6, 6.07) is 0. The fourth-order valence-corrected chi connectivity index (χ4v) is 3.91. The van der Waals surface area contributed by atoms with Gasteiger partial charge in [-0.15, -0.1) is 0 Å². The molecule has 0 aliphatic carbocycles. The van der Waals surface area contributed by atoms with Crippen LogP contribution >= 0.6 is 0 Å². The van der Waals surface area contributed by atoms with Crippen LogP contribution in [0, 0.1) is 11.8 Å². The van der Waals surface area contributed by atoms with Gasteiger partial charge in [-0.25, -0.2) is 4.39 Å². The number of likely N-dealkylation sites (tertiary alicyclic amines) is 2. The second-order valence-electron chi connectivity index (χ2n) is 9.09. The topological polar surface area (TPSA) is 32.8 Å². The Morgan fingerprint density at radius 1 is 1.16 bits per heavy atom. The first-order valence-electron chi connectivity index (χ1n) is 9.98. The molecule has 2 heterocycles. The molecule has 146 valence electrons. The zero-order valence-electron chi connectivity index (χ0n) is 16.8. The molecule has 0 aromatic heterocycles. The van der Waals surface area contributed by atoms with Gasteiger partial charge in [-0.2, -0.15) is 0 Å². The first-order valence-corrected chi connectivity index (χ1v) is 9.98. The third kappa shape index (κ3) is 6.52. The molecule has 2 fully saturated rings. The van der Waals surface area contributed by atoms with E-state index in [-0.39, 0.29) is 23.5 Å². The summed E-state index contributed by atoms with van der Waals surface area (Å²) in [7, 11) is 0. The molecule has 2 aliphatic rings. The third-order valence-electron chi connectivity index (χ3n) is 5.34. The van der Waals surface area contributed by atoms with Gasteiger partial charge in [0.25, 0.3) is 0 Å². The van der Waals surface area contributed by atoms with E-state index in [9.17, 15) is 9.18 Å². The lowest BCUT2D eigenvalue weighted by atomic mass is 9.92. The predicted molar refractivity (Wildman–Crippen MR) is 99.3 cm³/mol. The number of amides is 1. The van der Waals surface area contributed by atoms with Crippen LogP contribution in [-0.4, -0.2) is 66.3 Å². The highest BCUT2D eigenvalue weighted by Gasteiger charge is 2.33. The van der Waals surface area contributed by atoms with Crippen molar-refractivity contribution >= 4 is 5.91 Å². The third-order valence-corrected chi connectivity index (χ3v) is 5.34. The van der Waals surface area contributed by atoms with Crippen LogP contribution in [0.4, 0.5) is 4.39 Å². The van der Waals surface area contributed by atoms with E-state index in [0.717, 1.165) is 51.9 Å². The molecule has 2 aliphatic heterocycles. The summed E-state index contributed by atoms with van der Waals surface area (Å²) in [6.45, 7) is 14.0. The van der Waals surface area contributed by atoms with Crippen molar-refractivity contribution in [1.29, 1.82) is 0 Å². The zero-order valence-corrected chi connectivity index (χ0v) is 16.8. The number of carbonyl (C=O) groups excluding carboxylic acids is 1. The predicted octanol–water partition coefficient (Wildman–Crippen LogP) is 3.50. The molecule has 0 spiro atoms. The largest absolute Gasteiger partial charge is 0.370 e. The molecule has 2 atom stereocenters. The molecule has 25 heavy (non-hydrogen) atoms. The monoisotopic (exact) mass is 356 g/mol. The molecule has 2 rings (SSSR count). The summed E-state index contributed by atoms with van der Waals surface area (Å²) >= 11 is 0. The van der Waals surface area contributed by atoms with Gasteiger partial charge in [0.05, 0.1) is 11.7 Å². The summed E-state index contributed by atoms with van der Waals surface area (Å²) in [5.74, 6) is 1.03. The highest BCUT2D eigenvalue weighted by Crippen LogP contribution is 2.25. The number of piperidine rings is 2. The molecular weight excluding hydrogens is 319 g/mol. The van der Waals surface area contributed by atoms with Crippen molar-refractivity contribution in [3.05, 3.63) is 0 Å². The molecule has 2 saturated heterocycles. The van der Waals surface area contributed by atoms with Gasteiger partial charge in [0.2, 0.25) is 5.91 Å². The quantitative estimate of drug-likeness (QED) is 0.756. The van der Waals surface area contributed by atoms with Crippen LogP contribution in [0.25, 0.3) is 0 Å². The van der Waals surface area contributed by atoms with Crippen LogP contribution in [0.15, 0.2) is 0 Å². The second-order valence-corrected chi connectivity index (χ2v) is 9.09. The van der Waals surface area contributed by atoms with E-state index in [1.807, 2.05) is 39.5 Å². The van der Waals surface area contributed by atoms with Gasteiger partial charge in [0, 0.05) is 32.1 Å². The van der Waals surface area contributed by atoms with Gasteiger partial charge in [0.15, 0.2) is 0 Å². The minimum absolute atomic E-state index is 0.0923. The van der Waals surface area contributed by atoms with Crippen LogP contribution in [0.2, 0.25) is 0 Å². The molecule has 4 nitrogen and oxygen atoms in total. The number of alkyl halides is 1. The molecule has 0 radical (unpaired) electrons. The summed E-state index contributed by atoms with van der Waals surface area (Å²) in [5.41, 5.74) is -0.279. The second kappa shape index (κ2) is 8.81. The maximum atomic E-state index is 14.4. The Morgan fingerprint density at radius 2 is 1.80 bits per heavy atom. The number of hydrogen-bond donors (Lipinski definition) is 0. The van der Waals surface area contributed by atoms with E-state index in [1.165, 1.54) is 0 Å². The average molecular weight is 357 g/mol. The lowest BCUT2D eigenvalue weighted by Gasteiger charge is -2.39. The van der Waals surface area contributed by atoms with Gasteiger partial charge in [-0.1, -0.05) is 13.8 Å². The molecule has 0 aromatic rings. The normalized spacial score (nSPS) is 27.1. The van der Waals surface area contributed by atoms with Crippen LogP contribution in [0.3, 0.4) is 0 Å². The smallest absolute Gasteiger partial charge is 0.225 e. The molecule has 0 aromatic carbocycles. The lowest BCUT2D eigenvalue weighted by molar-refractivity contribution is -0.135. The van der Waals surface area contributed by atoms with Crippen molar-refractivity contribution in [2.75, 3.05) is 32.7 Å². The molecule has 0 saturated carbocycles. The fourth-order valence-electron chi connectivity index (χ4n) is 3.91. The number of carbonyl (C=O) groups is 1. The van der Waals surface area contributed by atoms with E-state index in [0.29, 0.717) is 12.5 Å². The summed E-state index contributed by atoms with van der Waals surface area (Å²) < 4.78 is 20.2. The van der Waals surface area contributed by atoms with Gasteiger partial charge in [-0.3, -0.25) is 4.79 Å². The summed E-state index contributed by atoms with van der Waals surface area (Å²) in [5, 5.41) is 0. The van der Waals surface area contributed by atoms with E-state index in [2.05, 4.69) is 4.90 Å². The van der Waals surface area contributed by atoms with Crippen molar-refractivity contribution in [2.45, 2.75) is 78.2 Å². The first kappa shape index (κ1) is 20.6. The van der Waals surface area contributed by atoms with Crippen molar-refractivity contribution in [3.63, 3.8) is 0 Å². The molecular formula is C20H37FN2O2. The van der Waals surface area contributed by atoms with E-state index in [1.54, 1.807) is 0 Å². The summed E-state index contributed by atoms with van der Waals surface area (Å²) in [6.07, 6.45) is 2.91. The van der Waals surface area contributed by atoms with Crippen LogP contribution < -0.4 is 0 Å². The maximum Gasteiger partial charge on any atom is 0.225 e.